The molecule has 0 aliphatic carbocycles. The molecule has 11 heavy (non-hydrogen) atoms. The maximum atomic E-state index is 5.58. The average Bonchev–Trinajstić information content (AvgIpc) is 2.34. The van der Waals surface area contributed by atoms with Gasteiger partial charge in [0.05, 0.1) is 8.42 Å². The molecule has 0 radical (unpaired) electrons. The van der Waals surface area contributed by atoms with Crippen molar-refractivity contribution in [2.45, 2.75) is 8.42 Å². The molecule has 1 nitrogen and oxygen atoms in total. The lowest BCUT2D eigenvalue weighted by molar-refractivity contribution is 0.704. The van der Waals surface area contributed by atoms with Crippen LogP contribution in [0.5, 0.6) is 0 Å². The molecule has 1 aromatic rings. The third kappa shape index (κ3) is 3.25. The first-order valence-electron chi connectivity index (χ1n) is 2.96. The van der Waals surface area contributed by atoms with E-state index in [9.17, 15) is 0 Å². The van der Waals surface area contributed by atoms with Crippen LogP contribution < -0.4 is 0 Å². The Kier molecular flexibility index (Phi) is 4.09. The van der Waals surface area contributed by atoms with Gasteiger partial charge in [-0.05, 0) is 59.8 Å². The Balaban J connectivity index is 2.58. The highest BCUT2D eigenvalue weighted by molar-refractivity contribution is 8.22. The molecule has 0 aromatic carbocycles. The number of thiophene rings is 1. The summed E-state index contributed by atoms with van der Waals surface area (Å²) in [6.07, 6.45) is 0. The molecular weight excluding hydrogens is 218 g/mol. The zero-order valence-electron chi connectivity index (χ0n) is 6.20. The van der Waals surface area contributed by atoms with Crippen LogP contribution in [0.15, 0.2) is 20.6 Å². The molecule has 0 N–H and O–H groups in total. The largest absolute Gasteiger partial charge is 0.252 e. The van der Waals surface area contributed by atoms with E-state index in [1.54, 1.807) is 23.3 Å². The summed E-state index contributed by atoms with van der Waals surface area (Å²) in [6, 6.07) is 4.12. The Bertz CT molecular complexity index is 223. The van der Waals surface area contributed by atoms with Crippen molar-refractivity contribution in [1.82, 2.24) is 4.31 Å². The Morgan fingerprint density at radius 1 is 1.36 bits per heavy atom. The Morgan fingerprint density at radius 3 is 2.45 bits per heavy atom. The second-order valence-electron chi connectivity index (χ2n) is 2.05. The van der Waals surface area contributed by atoms with Gasteiger partial charge in [0.25, 0.3) is 0 Å². The Hall–Kier alpha value is 0.650. The molecule has 0 saturated carbocycles. The van der Waals surface area contributed by atoms with Crippen LogP contribution in [-0.4, -0.2) is 18.4 Å². The molecule has 0 aliphatic heterocycles. The summed E-state index contributed by atoms with van der Waals surface area (Å²) in [7, 11) is 10.9. The number of rotatable bonds is 3. The third-order valence-corrected chi connectivity index (χ3v) is 4.30. The topological polar surface area (TPSA) is 3.24 Å². The van der Waals surface area contributed by atoms with E-state index in [-0.39, 0.29) is 0 Å². The van der Waals surface area contributed by atoms with Crippen LogP contribution in [0, 0.1) is 0 Å². The summed E-state index contributed by atoms with van der Waals surface area (Å²) in [4.78, 5) is 0. The monoisotopic (exact) mass is 225 g/mol. The smallest absolute Gasteiger partial charge is 0.0769 e. The van der Waals surface area contributed by atoms with Crippen LogP contribution in [0.25, 0.3) is 0 Å². The van der Waals surface area contributed by atoms with Gasteiger partial charge in [-0.15, -0.1) is 11.3 Å². The number of hydrogen-bond acceptors (Lipinski definition) is 4. The zero-order chi connectivity index (χ0) is 8.27. The molecule has 0 atom stereocenters. The highest BCUT2D eigenvalue weighted by atomic mass is 35.7. The number of hydrogen-bond donors (Lipinski definition) is 0. The molecule has 0 saturated heterocycles. The summed E-state index contributed by atoms with van der Waals surface area (Å²) < 4.78 is 4.49. The molecule has 0 spiro atoms. The lowest BCUT2D eigenvalue weighted by Crippen LogP contribution is -1.96. The van der Waals surface area contributed by atoms with E-state index < -0.39 is 0 Å². The van der Waals surface area contributed by atoms with E-state index in [2.05, 4.69) is 10.4 Å². The van der Waals surface area contributed by atoms with Crippen LogP contribution in [0.4, 0.5) is 0 Å². The Labute approximate surface area is 83.8 Å². The number of halogens is 1. The van der Waals surface area contributed by atoms with Crippen molar-refractivity contribution >= 4 is 44.9 Å². The molecule has 0 amide bonds. The first-order chi connectivity index (χ1) is 5.22. The van der Waals surface area contributed by atoms with Crippen molar-refractivity contribution in [2.75, 3.05) is 14.1 Å². The minimum absolute atomic E-state index is 1.15. The molecule has 5 heteroatoms. The van der Waals surface area contributed by atoms with Crippen molar-refractivity contribution in [2.24, 2.45) is 0 Å². The quantitative estimate of drug-likeness (QED) is 0.725. The third-order valence-electron chi connectivity index (χ3n) is 0.905. The van der Waals surface area contributed by atoms with Gasteiger partial charge in [-0.2, -0.15) is 0 Å². The first-order valence-corrected chi connectivity index (χ1v) is 6.19. The fourth-order valence-electron chi connectivity index (χ4n) is 0.574. The van der Waals surface area contributed by atoms with Crippen molar-refractivity contribution in [3.8, 4) is 0 Å². The van der Waals surface area contributed by atoms with Gasteiger partial charge in [0, 0.05) is 0 Å². The van der Waals surface area contributed by atoms with Gasteiger partial charge in [0.1, 0.15) is 0 Å². The Morgan fingerprint density at radius 2 is 2.00 bits per heavy atom. The van der Waals surface area contributed by atoms with Gasteiger partial charge in [-0.3, -0.25) is 4.31 Å². The highest BCUT2D eigenvalue weighted by Gasteiger charge is 2.00. The minimum atomic E-state index is 1.15. The summed E-state index contributed by atoms with van der Waals surface area (Å²) in [5.74, 6) is 0. The second-order valence-corrected chi connectivity index (χ2v) is 6.06. The lowest BCUT2D eigenvalue weighted by atomic mass is 10.7. The molecular formula is C6H8ClNS3. The predicted octanol–water partition coefficient (Wildman–Crippen LogP) is 3.56. The van der Waals surface area contributed by atoms with Gasteiger partial charge >= 0.3 is 0 Å². The van der Waals surface area contributed by atoms with Crippen molar-refractivity contribution < 1.29 is 0 Å². The average molecular weight is 226 g/mol. The van der Waals surface area contributed by atoms with E-state index in [1.807, 2.05) is 20.2 Å². The zero-order valence-corrected chi connectivity index (χ0v) is 9.41. The normalized spacial score (nSPS) is 10.9. The van der Waals surface area contributed by atoms with E-state index in [0.29, 0.717) is 0 Å². The molecule has 62 valence electrons. The van der Waals surface area contributed by atoms with Crippen LogP contribution in [0.3, 0.4) is 0 Å². The summed E-state index contributed by atoms with van der Waals surface area (Å²) >= 11 is 3.43. The van der Waals surface area contributed by atoms with E-state index in [1.165, 1.54) is 15.2 Å². The molecule has 0 bridgehead atoms. The standard InChI is InChI=1S/C6H8ClNS3/c1-8(2)11-6-4-3-5(9-6)10-7/h3-4H,1-2H3. The van der Waals surface area contributed by atoms with E-state index >= 15 is 0 Å². The summed E-state index contributed by atoms with van der Waals surface area (Å²) in [5, 5.41) is 0. The lowest BCUT2D eigenvalue weighted by Gasteiger charge is -2.04. The highest BCUT2D eigenvalue weighted by Crippen LogP contribution is 2.35. The summed E-state index contributed by atoms with van der Waals surface area (Å²) in [6.45, 7) is 0. The molecule has 0 fully saturated rings. The van der Waals surface area contributed by atoms with E-state index in [0.717, 1.165) is 4.21 Å². The SMILES string of the molecule is CN(C)Sc1ccc(SCl)s1. The van der Waals surface area contributed by atoms with Crippen LogP contribution in [-0.2, 0) is 0 Å². The predicted molar refractivity (Wildman–Crippen MR) is 55.6 cm³/mol. The van der Waals surface area contributed by atoms with Gasteiger partial charge in [-0.25, -0.2) is 0 Å². The summed E-state index contributed by atoms with van der Waals surface area (Å²) in [5.41, 5.74) is 0. The molecule has 0 aliphatic rings. The molecule has 1 rings (SSSR count). The van der Waals surface area contributed by atoms with Crippen molar-refractivity contribution in [3.63, 3.8) is 0 Å². The van der Waals surface area contributed by atoms with Crippen molar-refractivity contribution in [3.05, 3.63) is 12.1 Å². The molecule has 1 heterocycles. The van der Waals surface area contributed by atoms with Gasteiger partial charge in [0.2, 0.25) is 0 Å². The van der Waals surface area contributed by atoms with Gasteiger partial charge in [-0.1, -0.05) is 0 Å². The second kappa shape index (κ2) is 4.62. The maximum absolute atomic E-state index is 5.58. The maximum Gasteiger partial charge on any atom is 0.0769 e. The molecule has 1 aromatic heterocycles. The first kappa shape index (κ1) is 9.74. The molecule has 0 unspecified atom stereocenters. The van der Waals surface area contributed by atoms with Crippen LogP contribution in [0.2, 0.25) is 0 Å². The minimum Gasteiger partial charge on any atom is -0.252 e. The number of nitrogens with zero attached hydrogens (tertiary/aromatic N) is 1. The fraction of sp³-hybridized carbons (Fsp3) is 0.333. The van der Waals surface area contributed by atoms with Crippen LogP contribution >= 0.6 is 44.9 Å². The van der Waals surface area contributed by atoms with Gasteiger partial charge < -0.3 is 0 Å². The fourth-order valence-corrected chi connectivity index (χ4v) is 3.51. The van der Waals surface area contributed by atoms with E-state index in [4.69, 9.17) is 10.7 Å². The van der Waals surface area contributed by atoms with Crippen molar-refractivity contribution in [1.29, 1.82) is 0 Å². The van der Waals surface area contributed by atoms with Gasteiger partial charge in [0.15, 0.2) is 0 Å². The van der Waals surface area contributed by atoms with Crippen LogP contribution in [0.1, 0.15) is 0 Å².